The fourth-order valence-electron chi connectivity index (χ4n) is 2.55. The second-order valence-electron chi connectivity index (χ2n) is 5.49. The highest BCUT2D eigenvalue weighted by Crippen LogP contribution is 2.22. The Hall–Kier alpha value is -1.75. The minimum Gasteiger partial charge on any atom is -0.508 e. The number of likely N-dealkylation sites (tertiary alicyclic amines) is 1. The summed E-state index contributed by atoms with van der Waals surface area (Å²) in [5.41, 5.74) is 0.200. The number of phenols is 2. The number of amides is 1. The van der Waals surface area contributed by atoms with Crippen LogP contribution < -0.4 is 5.32 Å². The van der Waals surface area contributed by atoms with E-state index in [1.165, 1.54) is 31.0 Å². The first-order chi connectivity index (χ1) is 9.56. The highest BCUT2D eigenvalue weighted by molar-refractivity contribution is 5.96. The molecule has 2 rings (SSSR count). The van der Waals surface area contributed by atoms with Gasteiger partial charge in [-0.3, -0.25) is 4.79 Å². The monoisotopic (exact) mass is 278 g/mol. The van der Waals surface area contributed by atoms with Gasteiger partial charge < -0.3 is 20.4 Å². The summed E-state index contributed by atoms with van der Waals surface area (Å²) in [4.78, 5) is 14.2. The molecule has 110 valence electrons. The molecule has 0 saturated carbocycles. The van der Waals surface area contributed by atoms with Crippen LogP contribution in [0.5, 0.6) is 11.5 Å². The van der Waals surface area contributed by atoms with E-state index in [-0.39, 0.29) is 23.0 Å². The molecule has 0 spiro atoms. The first-order valence-corrected chi connectivity index (χ1v) is 7.05. The van der Waals surface area contributed by atoms with Crippen molar-refractivity contribution in [3.63, 3.8) is 0 Å². The summed E-state index contributed by atoms with van der Waals surface area (Å²) in [6, 6.07) is 3.99. The van der Waals surface area contributed by atoms with Crippen LogP contribution in [-0.4, -0.2) is 47.7 Å². The molecule has 0 radical (unpaired) electrons. The molecule has 0 aliphatic carbocycles. The van der Waals surface area contributed by atoms with Gasteiger partial charge in [-0.2, -0.15) is 0 Å². The molecule has 0 aromatic heterocycles. The van der Waals surface area contributed by atoms with Gasteiger partial charge in [0.05, 0.1) is 5.56 Å². The minimum absolute atomic E-state index is 0.0506. The van der Waals surface area contributed by atoms with Crippen LogP contribution >= 0.6 is 0 Å². The van der Waals surface area contributed by atoms with Crippen LogP contribution in [0.3, 0.4) is 0 Å². The molecule has 5 heteroatoms. The maximum absolute atomic E-state index is 11.9. The van der Waals surface area contributed by atoms with Crippen molar-refractivity contribution in [1.29, 1.82) is 0 Å². The summed E-state index contributed by atoms with van der Waals surface area (Å²) in [6.45, 7) is 2.86. The molecular formula is C15H22N2O3. The van der Waals surface area contributed by atoms with Crippen molar-refractivity contribution < 1.29 is 15.0 Å². The summed E-state index contributed by atoms with van der Waals surface area (Å²) in [6.07, 6.45) is 3.33. The van der Waals surface area contributed by atoms with E-state index < -0.39 is 0 Å². The van der Waals surface area contributed by atoms with Crippen LogP contribution in [0, 0.1) is 5.92 Å². The fourth-order valence-corrected chi connectivity index (χ4v) is 2.55. The lowest BCUT2D eigenvalue weighted by molar-refractivity contribution is 0.0946. The SMILES string of the molecule is CN1CCC(CCNC(=O)c2ccc(O)cc2O)CC1. The Morgan fingerprint density at radius 1 is 1.35 bits per heavy atom. The molecule has 1 aromatic rings. The summed E-state index contributed by atoms with van der Waals surface area (Å²) in [5, 5.41) is 21.6. The molecule has 0 bridgehead atoms. The predicted molar refractivity (Wildman–Crippen MR) is 76.9 cm³/mol. The number of carbonyl (C=O) groups is 1. The van der Waals surface area contributed by atoms with Crippen molar-refractivity contribution in [2.45, 2.75) is 19.3 Å². The number of rotatable bonds is 4. The number of hydrogen-bond donors (Lipinski definition) is 3. The van der Waals surface area contributed by atoms with Gasteiger partial charge >= 0.3 is 0 Å². The number of nitrogens with one attached hydrogen (secondary N) is 1. The van der Waals surface area contributed by atoms with Gasteiger partial charge in [0.1, 0.15) is 11.5 Å². The van der Waals surface area contributed by atoms with Gasteiger partial charge in [-0.05, 0) is 57.5 Å². The number of benzene rings is 1. The molecule has 1 aromatic carbocycles. The Morgan fingerprint density at radius 2 is 2.05 bits per heavy atom. The quantitative estimate of drug-likeness (QED) is 0.781. The Labute approximate surface area is 119 Å². The Kier molecular flexibility index (Phi) is 4.84. The van der Waals surface area contributed by atoms with Gasteiger partial charge in [0, 0.05) is 12.6 Å². The van der Waals surface area contributed by atoms with E-state index in [0.29, 0.717) is 12.5 Å². The zero-order valence-electron chi connectivity index (χ0n) is 11.8. The molecule has 1 saturated heterocycles. The van der Waals surface area contributed by atoms with E-state index in [0.717, 1.165) is 19.5 Å². The molecule has 20 heavy (non-hydrogen) atoms. The lowest BCUT2D eigenvalue weighted by Crippen LogP contribution is -2.32. The molecule has 1 heterocycles. The van der Waals surface area contributed by atoms with Gasteiger partial charge in [-0.1, -0.05) is 0 Å². The molecule has 1 fully saturated rings. The first-order valence-electron chi connectivity index (χ1n) is 7.05. The number of aromatic hydroxyl groups is 2. The first kappa shape index (κ1) is 14.7. The maximum atomic E-state index is 11.9. The van der Waals surface area contributed by atoms with Gasteiger partial charge in [-0.15, -0.1) is 0 Å². The summed E-state index contributed by atoms with van der Waals surface area (Å²) in [5.74, 6) is 0.127. The van der Waals surface area contributed by atoms with E-state index in [4.69, 9.17) is 0 Å². The normalized spacial score (nSPS) is 17.1. The van der Waals surface area contributed by atoms with Crippen LogP contribution in [-0.2, 0) is 0 Å². The average Bonchev–Trinajstić information content (AvgIpc) is 2.41. The third kappa shape index (κ3) is 3.87. The number of phenolic OH excluding ortho intramolecular Hbond substituents is 2. The van der Waals surface area contributed by atoms with Gasteiger partial charge in [0.15, 0.2) is 0 Å². The van der Waals surface area contributed by atoms with Gasteiger partial charge in [0.25, 0.3) is 5.91 Å². The zero-order valence-corrected chi connectivity index (χ0v) is 11.8. The van der Waals surface area contributed by atoms with Gasteiger partial charge in [-0.25, -0.2) is 0 Å². The molecule has 1 aliphatic rings. The zero-order chi connectivity index (χ0) is 14.5. The molecule has 0 unspecified atom stereocenters. The summed E-state index contributed by atoms with van der Waals surface area (Å²) in [7, 11) is 2.13. The van der Waals surface area contributed by atoms with Crippen molar-refractivity contribution in [2.75, 3.05) is 26.7 Å². The minimum atomic E-state index is -0.296. The predicted octanol–water partition coefficient (Wildman–Crippen LogP) is 1.56. The van der Waals surface area contributed by atoms with Crippen LogP contribution in [0.1, 0.15) is 29.6 Å². The highest BCUT2D eigenvalue weighted by atomic mass is 16.3. The number of nitrogens with zero attached hydrogens (tertiary/aromatic N) is 1. The Morgan fingerprint density at radius 3 is 2.70 bits per heavy atom. The van der Waals surface area contributed by atoms with E-state index >= 15 is 0 Å². The molecule has 5 nitrogen and oxygen atoms in total. The topological polar surface area (TPSA) is 72.8 Å². The lowest BCUT2D eigenvalue weighted by atomic mass is 9.94. The second kappa shape index (κ2) is 6.61. The fraction of sp³-hybridized carbons (Fsp3) is 0.533. The Bertz CT molecular complexity index is 468. The third-order valence-corrected chi connectivity index (χ3v) is 3.90. The van der Waals surface area contributed by atoms with Crippen molar-refractivity contribution in [3.05, 3.63) is 23.8 Å². The lowest BCUT2D eigenvalue weighted by Gasteiger charge is -2.28. The van der Waals surface area contributed by atoms with Crippen LogP contribution in [0.4, 0.5) is 0 Å². The van der Waals surface area contributed by atoms with Crippen LogP contribution in [0.15, 0.2) is 18.2 Å². The largest absolute Gasteiger partial charge is 0.508 e. The molecule has 3 N–H and O–H groups in total. The number of hydrogen-bond acceptors (Lipinski definition) is 4. The third-order valence-electron chi connectivity index (χ3n) is 3.90. The molecular weight excluding hydrogens is 256 g/mol. The molecule has 1 amide bonds. The smallest absolute Gasteiger partial charge is 0.255 e. The molecule has 1 aliphatic heterocycles. The number of carbonyl (C=O) groups excluding carboxylic acids is 1. The Balaban J connectivity index is 1.77. The van der Waals surface area contributed by atoms with E-state index in [1.807, 2.05) is 0 Å². The summed E-state index contributed by atoms with van der Waals surface area (Å²) >= 11 is 0. The van der Waals surface area contributed by atoms with Crippen molar-refractivity contribution in [2.24, 2.45) is 5.92 Å². The van der Waals surface area contributed by atoms with Crippen molar-refractivity contribution >= 4 is 5.91 Å². The van der Waals surface area contributed by atoms with E-state index in [9.17, 15) is 15.0 Å². The average molecular weight is 278 g/mol. The molecule has 0 atom stereocenters. The maximum Gasteiger partial charge on any atom is 0.255 e. The highest BCUT2D eigenvalue weighted by Gasteiger charge is 2.17. The van der Waals surface area contributed by atoms with Crippen molar-refractivity contribution in [3.8, 4) is 11.5 Å². The van der Waals surface area contributed by atoms with Gasteiger partial charge in [0.2, 0.25) is 0 Å². The van der Waals surface area contributed by atoms with E-state index in [2.05, 4.69) is 17.3 Å². The van der Waals surface area contributed by atoms with Crippen molar-refractivity contribution in [1.82, 2.24) is 10.2 Å². The summed E-state index contributed by atoms with van der Waals surface area (Å²) < 4.78 is 0. The standard InChI is InChI=1S/C15H22N2O3/c1-17-8-5-11(6-9-17)4-7-16-15(20)13-3-2-12(18)10-14(13)19/h2-3,10-11,18-19H,4-9H2,1H3,(H,16,20). The second-order valence-corrected chi connectivity index (χ2v) is 5.49. The van der Waals surface area contributed by atoms with E-state index in [1.54, 1.807) is 0 Å². The number of piperidine rings is 1. The van der Waals surface area contributed by atoms with Crippen LogP contribution in [0.2, 0.25) is 0 Å². The van der Waals surface area contributed by atoms with Crippen LogP contribution in [0.25, 0.3) is 0 Å².